The zero-order valence-corrected chi connectivity index (χ0v) is 14.2. The van der Waals surface area contributed by atoms with E-state index in [1.165, 1.54) is 16.0 Å². The van der Waals surface area contributed by atoms with E-state index < -0.39 is 0 Å². The molecule has 0 bridgehead atoms. The highest BCUT2D eigenvalue weighted by molar-refractivity contribution is 5.92. The average Bonchev–Trinajstić information content (AvgIpc) is 2.56. The van der Waals surface area contributed by atoms with Crippen molar-refractivity contribution in [1.82, 2.24) is 5.32 Å². The maximum absolute atomic E-state index is 12.1. The molecule has 0 heterocycles. The van der Waals surface area contributed by atoms with E-state index in [0.29, 0.717) is 12.2 Å². The maximum atomic E-state index is 12.1. The molecule has 0 saturated carbocycles. The maximum Gasteiger partial charge on any atom is 0.321 e. The van der Waals surface area contributed by atoms with Crippen LogP contribution in [0.25, 0.3) is 0 Å². The van der Waals surface area contributed by atoms with Gasteiger partial charge in [-0.15, -0.1) is 0 Å². The molecule has 2 amide bonds. The highest BCUT2D eigenvalue weighted by Gasteiger charge is 2.12. The molecule has 132 valence electrons. The minimum absolute atomic E-state index is 0. The second-order valence-corrected chi connectivity index (χ2v) is 5.72. The Bertz CT molecular complexity index is 647. The summed E-state index contributed by atoms with van der Waals surface area (Å²) in [4.78, 5) is 13.5. The van der Waals surface area contributed by atoms with Crippen molar-refractivity contribution in [2.75, 3.05) is 18.5 Å². The first-order chi connectivity index (χ1) is 11.1. The molecule has 0 aromatic heterocycles. The molecule has 0 saturated heterocycles. The monoisotopic (exact) mass is 332 g/mol. The molecular formula is C19H28N2O3. The molecule has 2 aromatic carbocycles. The van der Waals surface area contributed by atoms with Crippen molar-refractivity contribution in [2.45, 2.75) is 26.2 Å². The Kier molecular flexibility index (Phi) is 7.79. The van der Waals surface area contributed by atoms with Gasteiger partial charge in [-0.3, -0.25) is 4.90 Å². The van der Waals surface area contributed by atoms with E-state index in [4.69, 9.17) is 0 Å². The van der Waals surface area contributed by atoms with Crippen molar-refractivity contribution in [2.24, 2.45) is 0 Å². The number of aryl methyl sites for hydroxylation is 2. The third-order valence-corrected chi connectivity index (χ3v) is 3.84. The summed E-state index contributed by atoms with van der Waals surface area (Å²) in [6.07, 6.45) is 2.98. The number of nitrogens with zero attached hydrogens (tertiary/aromatic N) is 1. The summed E-state index contributed by atoms with van der Waals surface area (Å²) in [6, 6.07) is 15.2. The van der Waals surface area contributed by atoms with Gasteiger partial charge in [0.2, 0.25) is 0 Å². The van der Waals surface area contributed by atoms with E-state index in [2.05, 4.69) is 36.5 Å². The fourth-order valence-electron chi connectivity index (χ4n) is 2.38. The molecule has 0 atom stereocenters. The van der Waals surface area contributed by atoms with E-state index in [1.807, 2.05) is 0 Å². The molecule has 4 N–H and O–H groups in total. The molecule has 24 heavy (non-hydrogen) atoms. The Morgan fingerprint density at radius 2 is 1.79 bits per heavy atom. The van der Waals surface area contributed by atoms with Crippen LogP contribution >= 0.6 is 0 Å². The van der Waals surface area contributed by atoms with Crippen LogP contribution in [0.3, 0.4) is 0 Å². The third-order valence-electron chi connectivity index (χ3n) is 3.84. The van der Waals surface area contributed by atoms with Crippen molar-refractivity contribution in [3.63, 3.8) is 0 Å². The molecule has 0 aliphatic heterocycles. The van der Waals surface area contributed by atoms with Crippen LogP contribution in [0.4, 0.5) is 10.5 Å². The molecule has 2 aromatic rings. The van der Waals surface area contributed by atoms with E-state index in [0.717, 1.165) is 19.3 Å². The zero-order chi connectivity index (χ0) is 16.7. The van der Waals surface area contributed by atoms with Gasteiger partial charge in [-0.2, -0.15) is 0 Å². The Morgan fingerprint density at radius 3 is 2.46 bits per heavy atom. The number of unbranched alkanes of at least 4 members (excludes halogenated alkanes) is 1. The number of benzene rings is 2. The number of phenols is 1. The van der Waals surface area contributed by atoms with Crippen molar-refractivity contribution in [3.8, 4) is 5.75 Å². The Morgan fingerprint density at radius 1 is 1.12 bits per heavy atom. The van der Waals surface area contributed by atoms with Crippen molar-refractivity contribution in [1.29, 1.82) is 0 Å². The van der Waals surface area contributed by atoms with Gasteiger partial charge in [-0.25, -0.2) is 4.79 Å². The van der Waals surface area contributed by atoms with E-state index in [-0.39, 0.29) is 18.7 Å². The van der Waals surface area contributed by atoms with Crippen LogP contribution < -0.4 is 10.2 Å². The van der Waals surface area contributed by atoms with Crippen LogP contribution in [0, 0.1) is 6.92 Å². The summed E-state index contributed by atoms with van der Waals surface area (Å²) in [5.41, 5.74) is 3.10. The number of rotatable bonds is 6. The van der Waals surface area contributed by atoms with Crippen molar-refractivity contribution < 1.29 is 16.8 Å². The standard InChI is InChI=1S/C19H24N2O2.H2O.H2/c1-15-10-12-16(13-11-15)7-5-6-14-20-19(23)21(2)17-8-3-4-9-18(17)22;;/h3-4,8-13,22H,5-7,14H2,1-2H3,(H,20,23);1H2;1H. The van der Waals surface area contributed by atoms with Crippen LogP contribution in [-0.4, -0.2) is 30.2 Å². The van der Waals surface area contributed by atoms with Gasteiger partial charge in [0.25, 0.3) is 0 Å². The Balaban J connectivity index is 0.00000288. The van der Waals surface area contributed by atoms with E-state index >= 15 is 0 Å². The van der Waals surface area contributed by atoms with Gasteiger partial charge < -0.3 is 15.9 Å². The van der Waals surface area contributed by atoms with Gasteiger partial charge >= 0.3 is 6.03 Å². The van der Waals surface area contributed by atoms with E-state index in [1.54, 1.807) is 31.3 Å². The smallest absolute Gasteiger partial charge is 0.321 e. The zero-order valence-electron chi connectivity index (χ0n) is 14.2. The van der Waals surface area contributed by atoms with Crippen LogP contribution in [0.15, 0.2) is 48.5 Å². The number of amides is 2. The highest BCUT2D eigenvalue weighted by Crippen LogP contribution is 2.25. The number of carbonyl (C=O) groups excluding carboxylic acids is 1. The number of para-hydroxylation sites is 2. The van der Waals surface area contributed by atoms with Gasteiger partial charge in [0.1, 0.15) is 5.75 Å². The number of nitrogens with one attached hydrogen (secondary N) is 1. The average molecular weight is 332 g/mol. The summed E-state index contributed by atoms with van der Waals surface area (Å²) in [5.74, 6) is 0.101. The lowest BCUT2D eigenvalue weighted by Gasteiger charge is -2.19. The Hall–Kier alpha value is -2.53. The topological polar surface area (TPSA) is 84.1 Å². The normalized spacial score (nSPS) is 9.92. The number of anilines is 1. The molecular weight excluding hydrogens is 304 g/mol. The summed E-state index contributed by atoms with van der Waals surface area (Å²) < 4.78 is 0. The lowest BCUT2D eigenvalue weighted by Crippen LogP contribution is -2.37. The molecule has 0 fully saturated rings. The number of hydrogen-bond acceptors (Lipinski definition) is 2. The number of urea groups is 1. The number of carbonyl (C=O) groups is 1. The fraction of sp³-hybridized carbons (Fsp3) is 0.316. The number of aromatic hydroxyl groups is 1. The molecule has 5 nitrogen and oxygen atoms in total. The van der Waals surface area contributed by atoms with Gasteiger partial charge in [-0.1, -0.05) is 42.0 Å². The molecule has 2 rings (SSSR count). The SMILES string of the molecule is Cc1ccc(CCCCNC(=O)N(C)c2ccccc2O)cc1.O.[HH]. The predicted molar refractivity (Wildman–Crippen MR) is 99.8 cm³/mol. The van der Waals surface area contributed by atoms with Gasteiger partial charge in [-0.05, 0) is 43.9 Å². The predicted octanol–water partition coefficient (Wildman–Crippen LogP) is 3.29. The summed E-state index contributed by atoms with van der Waals surface area (Å²) in [6.45, 7) is 2.71. The second-order valence-electron chi connectivity index (χ2n) is 5.72. The highest BCUT2D eigenvalue weighted by atomic mass is 16.3. The molecule has 0 spiro atoms. The molecule has 5 heteroatoms. The summed E-state index contributed by atoms with van der Waals surface area (Å²) in [5, 5.41) is 12.6. The summed E-state index contributed by atoms with van der Waals surface area (Å²) >= 11 is 0. The Labute approximate surface area is 144 Å². The second kappa shape index (κ2) is 9.57. The van der Waals surface area contributed by atoms with Gasteiger partial charge in [0.15, 0.2) is 0 Å². The fourth-order valence-corrected chi connectivity index (χ4v) is 2.38. The third kappa shape index (κ3) is 5.59. The molecule has 0 aliphatic carbocycles. The van der Waals surface area contributed by atoms with Crippen LogP contribution in [-0.2, 0) is 6.42 Å². The van der Waals surface area contributed by atoms with E-state index in [9.17, 15) is 9.90 Å². The van der Waals surface area contributed by atoms with Crippen molar-refractivity contribution in [3.05, 3.63) is 59.7 Å². The minimum Gasteiger partial charge on any atom is -0.506 e. The van der Waals surface area contributed by atoms with Crippen LogP contribution in [0.2, 0.25) is 0 Å². The quantitative estimate of drug-likeness (QED) is 0.796. The lowest BCUT2D eigenvalue weighted by atomic mass is 10.1. The van der Waals surface area contributed by atoms with Gasteiger partial charge in [0.05, 0.1) is 5.69 Å². The van der Waals surface area contributed by atoms with Crippen LogP contribution in [0.1, 0.15) is 25.4 Å². The molecule has 0 aliphatic rings. The number of phenolic OH excluding ortho intramolecular Hbond substituents is 1. The lowest BCUT2D eigenvalue weighted by molar-refractivity contribution is 0.247. The molecule has 0 radical (unpaired) electrons. The first-order valence-electron chi connectivity index (χ1n) is 7.93. The minimum atomic E-state index is -0.207. The van der Waals surface area contributed by atoms with Crippen LogP contribution in [0.5, 0.6) is 5.75 Å². The summed E-state index contributed by atoms with van der Waals surface area (Å²) in [7, 11) is 1.65. The first-order valence-corrected chi connectivity index (χ1v) is 7.93. The van der Waals surface area contributed by atoms with Crippen molar-refractivity contribution >= 4 is 11.7 Å². The molecule has 0 unspecified atom stereocenters. The van der Waals surface area contributed by atoms with Gasteiger partial charge in [0, 0.05) is 15.0 Å². The first kappa shape index (κ1) is 19.5. The number of hydrogen-bond donors (Lipinski definition) is 2. The largest absolute Gasteiger partial charge is 0.506 e.